The standard InChI is InChI=1S/C15H15N3O4S2/c1-9-3-4-12(22-2)13(5-9)24(20,21)18-7-10-6-11-14(19)16-8-17-15(11)23-10/h3-6,8,18H,7H2,1-2H3,(H,16,17,19). The molecule has 0 unspecified atom stereocenters. The third-order valence-electron chi connectivity index (χ3n) is 3.43. The molecule has 3 rings (SSSR count). The smallest absolute Gasteiger partial charge is 0.259 e. The highest BCUT2D eigenvalue weighted by Gasteiger charge is 2.20. The Morgan fingerprint density at radius 3 is 2.83 bits per heavy atom. The minimum Gasteiger partial charge on any atom is -0.495 e. The van der Waals surface area contributed by atoms with Crippen LogP contribution in [-0.4, -0.2) is 25.5 Å². The zero-order valence-electron chi connectivity index (χ0n) is 13.0. The van der Waals surface area contributed by atoms with Crippen molar-refractivity contribution in [3.05, 3.63) is 51.4 Å². The van der Waals surface area contributed by atoms with E-state index in [0.717, 1.165) is 5.56 Å². The molecule has 0 saturated heterocycles. The van der Waals surface area contributed by atoms with Gasteiger partial charge >= 0.3 is 0 Å². The van der Waals surface area contributed by atoms with Crippen LogP contribution in [0.4, 0.5) is 0 Å². The molecule has 0 radical (unpaired) electrons. The summed E-state index contributed by atoms with van der Waals surface area (Å²) in [7, 11) is -2.32. The van der Waals surface area contributed by atoms with Crippen LogP contribution in [0.15, 0.2) is 40.3 Å². The van der Waals surface area contributed by atoms with E-state index in [9.17, 15) is 13.2 Å². The monoisotopic (exact) mass is 365 g/mol. The number of aromatic amines is 1. The van der Waals surface area contributed by atoms with Crippen molar-refractivity contribution in [2.45, 2.75) is 18.4 Å². The second kappa shape index (κ2) is 6.34. The number of ether oxygens (including phenoxy) is 1. The van der Waals surface area contributed by atoms with E-state index in [1.54, 1.807) is 24.3 Å². The normalized spacial score (nSPS) is 11.8. The van der Waals surface area contributed by atoms with Crippen LogP contribution in [0.3, 0.4) is 0 Å². The first-order chi connectivity index (χ1) is 11.4. The fraction of sp³-hybridized carbons (Fsp3) is 0.200. The first-order valence-corrected chi connectivity index (χ1v) is 9.31. The van der Waals surface area contributed by atoms with E-state index in [0.29, 0.717) is 15.1 Å². The van der Waals surface area contributed by atoms with Crippen LogP contribution in [0.1, 0.15) is 10.4 Å². The minimum absolute atomic E-state index is 0.0693. The third-order valence-corrected chi connectivity index (χ3v) is 5.90. The summed E-state index contributed by atoms with van der Waals surface area (Å²) in [5, 5.41) is 0.449. The van der Waals surface area contributed by atoms with Crippen LogP contribution in [-0.2, 0) is 16.6 Å². The molecule has 0 spiro atoms. The summed E-state index contributed by atoms with van der Waals surface area (Å²) in [6, 6.07) is 6.59. The van der Waals surface area contributed by atoms with Gasteiger partial charge in [-0.1, -0.05) is 6.07 Å². The van der Waals surface area contributed by atoms with Gasteiger partial charge < -0.3 is 9.72 Å². The maximum Gasteiger partial charge on any atom is 0.259 e. The number of fused-ring (bicyclic) bond motifs is 1. The summed E-state index contributed by atoms with van der Waals surface area (Å²) < 4.78 is 32.8. The lowest BCUT2D eigenvalue weighted by molar-refractivity contribution is 0.402. The second-order valence-electron chi connectivity index (χ2n) is 5.14. The topological polar surface area (TPSA) is 101 Å². The molecule has 7 nitrogen and oxygen atoms in total. The summed E-state index contributed by atoms with van der Waals surface area (Å²) in [6.07, 6.45) is 1.33. The van der Waals surface area contributed by atoms with Gasteiger partial charge in [0.15, 0.2) is 0 Å². The van der Waals surface area contributed by atoms with Crippen molar-refractivity contribution in [2.24, 2.45) is 0 Å². The van der Waals surface area contributed by atoms with Gasteiger partial charge in [0.25, 0.3) is 5.56 Å². The van der Waals surface area contributed by atoms with Crippen molar-refractivity contribution in [3.63, 3.8) is 0 Å². The number of nitrogens with one attached hydrogen (secondary N) is 2. The quantitative estimate of drug-likeness (QED) is 0.718. The summed E-state index contributed by atoms with van der Waals surface area (Å²) >= 11 is 1.27. The van der Waals surface area contributed by atoms with Gasteiger partial charge in [-0.15, -0.1) is 11.3 Å². The average molecular weight is 365 g/mol. The molecule has 9 heteroatoms. The first kappa shape index (κ1) is 16.6. The van der Waals surface area contributed by atoms with Crippen molar-refractivity contribution in [1.29, 1.82) is 0 Å². The van der Waals surface area contributed by atoms with Crippen LogP contribution in [0.2, 0.25) is 0 Å². The van der Waals surface area contributed by atoms with Crippen molar-refractivity contribution in [1.82, 2.24) is 14.7 Å². The zero-order chi connectivity index (χ0) is 17.3. The Morgan fingerprint density at radius 1 is 1.33 bits per heavy atom. The van der Waals surface area contributed by atoms with Gasteiger partial charge in [0.05, 0.1) is 18.8 Å². The number of nitrogens with zero attached hydrogens (tertiary/aromatic N) is 1. The Bertz CT molecular complexity index is 1050. The molecular weight excluding hydrogens is 350 g/mol. The lowest BCUT2D eigenvalue weighted by Crippen LogP contribution is -2.23. The fourth-order valence-corrected chi connectivity index (χ4v) is 4.53. The molecular formula is C15H15N3O4S2. The molecule has 2 N–H and O–H groups in total. The number of sulfonamides is 1. The van der Waals surface area contributed by atoms with Crippen molar-refractivity contribution in [3.8, 4) is 5.75 Å². The molecule has 0 saturated carbocycles. The predicted molar refractivity (Wildman–Crippen MR) is 92.0 cm³/mol. The molecule has 0 aliphatic heterocycles. The number of rotatable bonds is 5. The van der Waals surface area contributed by atoms with Crippen molar-refractivity contribution in [2.75, 3.05) is 7.11 Å². The Morgan fingerprint density at radius 2 is 2.12 bits per heavy atom. The lowest BCUT2D eigenvalue weighted by atomic mass is 10.2. The molecule has 0 fully saturated rings. The lowest BCUT2D eigenvalue weighted by Gasteiger charge is -2.11. The summed E-state index contributed by atoms with van der Waals surface area (Å²) in [4.78, 5) is 19.6. The number of hydrogen-bond donors (Lipinski definition) is 2. The van der Waals surface area contributed by atoms with E-state index in [4.69, 9.17) is 4.74 Å². The van der Waals surface area contributed by atoms with Crippen LogP contribution < -0.4 is 15.0 Å². The summed E-state index contributed by atoms with van der Waals surface area (Å²) in [5.41, 5.74) is 0.569. The van der Waals surface area contributed by atoms with Crippen LogP contribution >= 0.6 is 11.3 Å². The maximum absolute atomic E-state index is 12.5. The van der Waals surface area contributed by atoms with E-state index in [1.165, 1.54) is 24.8 Å². The van der Waals surface area contributed by atoms with Gasteiger partial charge in [0.2, 0.25) is 10.0 Å². The number of thiophene rings is 1. The van der Waals surface area contributed by atoms with Gasteiger partial charge in [-0.05, 0) is 30.7 Å². The molecule has 0 aliphatic carbocycles. The number of aryl methyl sites for hydroxylation is 1. The number of methoxy groups -OCH3 is 1. The third kappa shape index (κ3) is 3.18. The predicted octanol–water partition coefficient (Wildman–Crippen LogP) is 1.78. The molecule has 0 aliphatic rings. The number of benzene rings is 1. The average Bonchev–Trinajstić information content (AvgIpc) is 2.98. The Labute approximate surface area is 142 Å². The van der Waals surface area contributed by atoms with E-state index in [2.05, 4.69) is 14.7 Å². The van der Waals surface area contributed by atoms with Gasteiger partial charge in [-0.2, -0.15) is 0 Å². The van der Waals surface area contributed by atoms with Gasteiger partial charge in [-0.3, -0.25) is 4.79 Å². The van der Waals surface area contributed by atoms with Gasteiger partial charge in [0.1, 0.15) is 15.5 Å². The maximum atomic E-state index is 12.5. The number of H-pyrrole nitrogens is 1. The van der Waals surface area contributed by atoms with Crippen LogP contribution in [0.25, 0.3) is 10.2 Å². The molecule has 1 aromatic carbocycles. The summed E-state index contributed by atoms with van der Waals surface area (Å²) in [6.45, 7) is 1.88. The highest BCUT2D eigenvalue weighted by atomic mass is 32.2. The summed E-state index contributed by atoms with van der Waals surface area (Å²) in [5.74, 6) is 0.280. The van der Waals surface area contributed by atoms with E-state index < -0.39 is 10.0 Å². The fourth-order valence-electron chi connectivity index (χ4n) is 2.24. The number of aromatic nitrogens is 2. The van der Waals surface area contributed by atoms with Crippen LogP contribution in [0.5, 0.6) is 5.75 Å². The molecule has 2 aromatic heterocycles. The van der Waals surface area contributed by atoms with Crippen molar-refractivity contribution < 1.29 is 13.2 Å². The van der Waals surface area contributed by atoms with E-state index >= 15 is 0 Å². The molecule has 0 bridgehead atoms. The Hall–Kier alpha value is -2.23. The van der Waals surface area contributed by atoms with E-state index in [1.807, 2.05) is 6.92 Å². The zero-order valence-corrected chi connectivity index (χ0v) is 14.6. The number of hydrogen-bond acceptors (Lipinski definition) is 6. The second-order valence-corrected chi connectivity index (χ2v) is 7.99. The first-order valence-electron chi connectivity index (χ1n) is 7.01. The molecule has 126 valence electrons. The van der Waals surface area contributed by atoms with Crippen molar-refractivity contribution >= 4 is 31.6 Å². The highest BCUT2D eigenvalue weighted by molar-refractivity contribution is 7.89. The largest absolute Gasteiger partial charge is 0.495 e. The van der Waals surface area contributed by atoms with Crippen LogP contribution in [0, 0.1) is 6.92 Å². The SMILES string of the molecule is COc1ccc(C)cc1S(=O)(=O)NCc1cc2c(=O)[nH]cnc2s1. The van der Waals surface area contributed by atoms with Gasteiger partial charge in [-0.25, -0.2) is 18.1 Å². The van der Waals surface area contributed by atoms with Gasteiger partial charge in [0, 0.05) is 11.4 Å². The minimum atomic E-state index is -3.75. The molecule has 2 heterocycles. The molecule has 0 atom stereocenters. The molecule has 24 heavy (non-hydrogen) atoms. The van der Waals surface area contributed by atoms with E-state index in [-0.39, 0.29) is 22.7 Å². The Kier molecular flexibility index (Phi) is 4.39. The Balaban J connectivity index is 1.88. The molecule has 3 aromatic rings. The highest BCUT2D eigenvalue weighted by Crippen LogP contribution is 2.25. The molecule has 0 amide bonds.